The molecule has 0 aromatic heterocycles. The van der Waals surface area contributed by atoms with Gasteiger partial charge >= 0.3 is 11.9 Å². The summed E-state index contributed by atoms with van der Waals surface area (Å²) in [5.74, 6) is -0.549. The number of unbranched alkanes of at least 4 members (excludes halogenated alkanes) is 24. The molecule has 1 unspecified atom stereocenters. The zero-order valence-electron chi connectivity index (χ0n) is 39.7. The van der Waals surface area contributed by atoms with Crippen molar-refractivity contribution in [2.24, 2.45) is 0 Å². The number of carbonyl (C=O) groups excluding carboxylic acids is 2. The third kappa shape index (κ3) is 48.0. The summed E-state index contributed by atoms with van der Waals surface area (Å²) in [5, 5.41) is 0. The average molecular weight is 837 g/mol. The number of carbonyl (C=O) groups is 2. The lowest BCUT2D eigenvalue weighted by Crippen LogP contribution is -2.30. The van der Waals surface area contributed by atoms with E-state index in [1.54, 1.807) is 0 Å². The van der Waals surface area contributed by atoms with Crippen LogP contribution >= 0.6 is 0 Å². The Hall–Kier alpha value is -2.66. The van der Waals surface area contributed by atoms with Crippen molar-refractivity contribution < 1.29 is 23.8 Å². The molecule has 0 bridgehead atoms. The Morgan fingerprint density at radius 2 is 0.800 bits per heavy atom. The van der Waals surface area contributed by atoms with Gasteiger partial charge in [-0.25, -0.2) is 0 Å². The summed E-state index contributed by atoms with van der Waals surface area (Å²) < 4.78 is 17.3. The summed E-state index contributed by atoms with van der Waals surface area (Å²) in [6.07, 6.45) is 65.0. The highest BCUT2D eigenvalue weighted by Gasteiger charge is 2.17. The fraction of sp³-hybridized carbons (Fsp3) is 0.745. The van der Waals surface area contributed by atoms with Gasteiger partial charge in [0.1, 0.15) is 6.61 Å². The lowest BCUT2D eigenvalue weighted by atomic mass is 10.0. The van der Waals surface area contributed by atoms with Gasteiger partial charge in [0.2, 0.25) is 0 Å². The molecule has 0 radical (unpaired) electrons. The van der Waals surface area contributed by atoms with Crippen molar-refractivity contribution in [3.8, 4) is 0 Å². The maximum atomic E-state index is 12.8. The highest BCUT2D eigenvalue weighted by Crippen LogP contribution is 2.15. The fourth-order valence-corrected chi connectivity index (χ4v) is 6.99. The van der Waals surface area contributed by atoms with E-state index >= 15 is 0 Å². The van der Waals surface area contributed by atoms with Gasteiger partial charge in [-0.15, -0.1) is 0 Å². The largest absolute Gasteiger partial charge is 0.461 e. The van der Waals surface area contributed by atoms with Crippen LogP contribution < -0.4 is 0 Å². The van der Waals surface area contributed by atoms with Crippen molar-refractivity contribution in [3.63, 3.8) is 0 Å². The Bertz CT molecular complexity index is 1080. The quantitative estimate of drug-likeness (QED) is 0.0347. The predicted octanol–water partition coefficient (Wildman–Crippen LogP) is 17.1. The average Bonchev–Trinajstić information content (AvgIpc) is 3.25. The van der Waals surface area contributed by atoms with E-state index in [9.17, 15) is 9.59 Å². The van der Waals surface area contributed by atoms with Crippen molar-refractivity contribution in [2.75, 3.05) is 19.8 Å². The van der Waals surface area contributed by atoms with E-state index in [2.05, 4.69) is 81.5 Å². The highest BCUT2D eigenvalue weighted by molar-refractivity contribution is 5.71. The van der Waals surface area contributed by atoms with Crippen LogP contribution in [0.4, 0.5) is 0 Å². The minimum atomic E-state index is -0.579. The van der Waals surface area contributed by atoms with Gasteiger partial charge in [0.05, 0.1) is 13.0 Å². The van der Waals surface area contributed by atoms with Gasteiger partial charge in [0.15, 0.2) is 6.10 Å². The van der Waals surface area contributed by atoms with Gasteiger partial charge < -0.3 is 14.2 Å². The second-order valence-corrected chi connectivity index (χ2v) is 16.7. The van der Waals surface area contributed by atoms with Gasteiger partial charge in [0.25, 0.3) is 0 Å². The molecule has 0 aliphatic heterocycles. The van der Waals surface area contributed by atoms with E-state index < -0.39 is 6.10 Å². The normalized spacial score (nSPS) is 12.8. The van der Waals surface area contributed by atoms with Gasteiger partial charge in [0, 0.05) is 13.0 Å². The number of esters is 2. The second-order valence-electron chi connectivity index (χ2n) is 16.7. The van der Waals surface area contributed by atoms with Gasteiger partial charge in [-0.1, -0.05) is 229 Å². The summed E-state index contributed by atoms with van der Waals surface area (Å²) >= 11 is 0. The molecule has 0 spiro atoms. The van der Waals surface area contributed by atoms with Crippen LogP contribution in [0.3, 0.4) is 0 Å². The number of rotatable bonds is 46. The molecule has 1 atom stereocenters. The minimum Gasteiger partial charge on any atom is -0.461 e. The lowest BCUT2D eigenvalue weighted by molar-refractivity contribution is -0.162. The Labute approximate surface area is 372 Å². The van der Waals surface area contributed by atoms with Crippen molar-refractivity contribution in [2.45, 2.75) is 245 Å². The predicted molar refractivity (Wildman–Crippen MR) is 260 cm³/mol. The molecule has 0 saturated heterocycles. The van der Waals surface area contributed by atoms with Gasteiger partial charge in [-0.2, -0.15) is 0 Å². The summed E-state index contributed by atoms with van der Waals surface area (Å²) in [4.78, 5) is 25.3. The molecule has 0 N–H and O–H groups in total. The number of hydrogen-bond donors (Lipinski definition) is 0. The third-order valence-electron chi connectivity index (χ3n) is 10.8. The van der Waals surface area contributed by atoms with Crippen LogP contribution in [0.5, 0.6) is 0 Å². The molecular weight excluding hydrogens is 741 g/mol. The topological polar surface area (TPSA) is 61.8 Å². The molecule has 0 fully saturated rings. The molecule has 346 valence electrons. The van der Waals surface area contributed by atoms with Crippen molar-refractivity contribution in [3.05, 3.63) is 72.9 Å². The molecular formula is C55H96O5. The molecule has 0 aromatic rings. The van der Waals surface area contributed by atoms with Gasteiger partial charge in [-0.3, -0.25) is 9.59 Å². The Morgan fingerprint density at radius 3 is 1.28 bits per heavy atom. The molecule has 60 heavy (non-hydrogen) atoms. The van der Waals surface area contributed by atoms with Crippen LogP contribution in [0.2, 0.25) is 0 Å². The monoisotopic (exact) mass is 837 g/mol. The van der Waals surface area contributed by atoms with Crippen LogP contribution in [0, 0.1) is 0 Å². The maximum Gasteiger partial charge on any atom is 0.309 e. The molecule has 0 saturated carbocycles. The van der Waals surface area contributed by atoms with E-state index in [4.69, 9.17) is 14.2 Å². The molecule has 0 aromatic carbocycles. The van der Waals surface area contributed by atoms with Gasteiger partial charge in [-0.05, 0) is 70.6 Å². The first-order valence-corrected chi connectivity index (χ1v) is 25.5. The fourth-order valence-electron chi connectivity index (χ4n) is 6.99. The summed E-state index contributed by atoms with van der Waals surface area (Å²) in [6, 6.07) is 0. The van der Waals surface area contributed by atoms with Crippen LogP contribution in [-0.4, -0.2) is 37.9 Å². The first-order chi connectivity index (χ1) is 29.6. The number of ether oxygens (including phenoxy) is 3. The minimum absolute atomic E-state index is 0.0281. The Morgan fingerprint density at radius 1 is 0.400 bits per heavy atom. The van der Waals surface area contributed by atoms with E-state index in [0.29, 0.717) is 13.0 Å². The zero-order valence-corrected chi connectivity index (χ0v) is 39.7. The van der Waals surface area contributed by atoms with E-state index in [1.165, 1.54) is 135 Å². The maximum absolute atomic E-state index is 12.8. The molecule has 0 amide bonds. The number of hydrogen-bond acceptors (Lipinski definition) is 5. The van der Waals surface area contributed by atoms with E-state index in [-0.39, 0.29) is 31.6 Å². The number of allylic oxidation sites excluding steroid dienone is 11. The van der Waals surface area contributed by atoms with Crippen LogP contribution in [0.1, 0.15) is 239 Å². The first kappa shape index (κ1) is 57.3. The van der Waals surface area contributed by atoms with Crippen molar-refractivity contribution in [1.29, 1.82) is 0 Å². The Balaban J connectivity index is 4.37. The summed E-state index contributed by atoms with van der Waals surface area (Å²) in [5.41, 5.74) is 0. The molecule has 0 heterocycles. The SMILES string of the molecule is CC/C=C\C/C=C\C/C=C\C/C=C\C/C=C\CC(=O)OCC(COCCCCCCCCCCCCCCCCCC)OC(=O)CCCCCCC/C=C\CCCCCC. The van der Waals surface area contributed by atoms with Crippen LogP contribution in [-0.2, 0) is 23.8 Å². The smallest absolute Gasteiger partial charge is 0.309 e. The van der Waals surface area contributed by atoms with Crippen molar-refractivity contribution >= 4 is 11.9 Å². The first-order valence-electron chi connectivity index (χ1n) is 25.5. The molecule has 5 heteroatoms. The zero-order chi connectivity index (χ0) is 43.5. The summed E-state index contributed by atoms with van der Waals surface area (Å²) in [7, 11) is 0. The lowest BCUT2D eigenvalue weighted by Gasteiger charge is -2.18. The standard InChI is InChI=1S/C55H96O5/c1-4-7-10-13-16-19-22-25-27-29-32-35-38-41-44-47-50-58-51-53(60-55(57)49-46-43-40-37-34-30-24-21-18-15-12-9-6-3)52-59-54(56)48-45-42-39-36-33-31-28-26-23-20-17-14-11-8-5-2/h8,11,17,20-21,24,26,28,33,36,42,45,53H,4-7,9-10,12-16,18-19,22-23,25,27,29-32,34-35,37-41,43-44,46-52H2,1-3H3/b11-8-,20-17-,24-21-,28-26-,36-33-,45-42-. The molecule has 0 rings (SSSR count). The van der Waals surface area contributed by atoms with Crippen LogP contribution in [0.25, 0.3) is 0 Å². The van der Waals surface area contributed by atoms with E-state index in [0.717, 1.165) is 70.6 Å². The molecule has 5 nitrogen and oxygen atoms in total. The Kier molecular flexibility index (Phi) is 48.4. The molecule has 0 aliphatic carbocycles. The van der Waals surface area contributed by atoms with Crippen LogP contribution in [0.15, 0.2) is 72.9 Å². The molecule has 0 aliphatic rings. The third-order valence-corrected chi connectivity index (χ3v) is 10.8. The van der Waals surface area contributed by atoms with E-state index in [1.807, 2.05) is 12.2 Å². The second kappa shape index (κ2) is 50.7. The van der Waals surface area contributed by atoms with Crippen molar-refractivity contribution in [1.82, 2.24) is 0 Å². The summed E-state index contributed by atoms with van der Waals surface area (Å²) in [6.45, 7) is 7.60. The highest BCUT2D eigenvalue weighted by atomic mass is 16.6.